The molecule has 7 heteroatoms. The standard InChI is InChI=1S/C24H30N4O3/c1-17-7-2-3-9-20(17)23(29)26-19-13-21(24(30)31)22(25-14-19)28-12-6-8-18(16-28)15-27-10-4-5-11-27/h2-3,7,9,13-14,18H,4-6,8,10-12,15-16H2,1H3,(H,26,29)(H,30,31)/t18-/m1/s1. The van der Waals surface area contributed by atoms with E-state index in [0.29, 0.717) is 23.0 Å². The van der Waals surface area contributed by atoms with Crippen molar-refractivity contribution in [2.45, 2.75) is 32.6 Å². The molecule has 0 radical (unpaired) electrons. The van der Waals surface area contributed by atoms with Crippen molar-refractivity contribution in [3.8, 4) is 0 Å². The van der Waals surface area contributed by atoms with E-state index in [0.717, 1.165) is 31.6 Å². The van der Waals surface area contributed by atoms with Crippen LogP contribution >= 0.6 is 0 Å². The molecule has 2 aliphatic heterocycles. The van der Waals surface area contributed by atoms with Crippen LogP contribution in [0.4, 0.5) is 11.5 Å². The van der Waals surface area contributed by atoms with Gasteiger partial charge in [0.05, 0.1) is 11.9 Å². The van der Waals surface area contributed by atoms with E-state index in [1.54, 1.807) is 18.3 Å². The van der Waals surface area contributed by atoms with Crippen molar-refractivity contribution in [1.82, 2.24) is 9.88 Å². The molecule has 0 unspecified atom stereocenters. The van der Waals surface area contributed by atoms with Gasteiger partial charge in [-0.2, -0.15) is 0 Å². The number of pyridine rings is 1. The maximum absolute atomic E-state index is 12.6. The first-order chi connectivity index (χ1) is 15.0. The summed E-state index contributed by atoms with van der Waals surface area (Å²) in [5, 5.41) is 12.6. The van der Waals surface area contributed by atoms with Gasteiger partial charge in [0.2, 0.25) is 0 Å². The Morgan fingerprint density at radius 3 is 2.65 bits per heavy atom. The number of nitrogens with zero attached hydrogens (tertiary/aromatic N) is 3. The third-order valence-corrected chi connectivity index (χ3v) is 6.28. The Morgan fingerprint density at radius 2 is 1.90 bits per heavy atom. The van der Waals surface area contributed by atoms with E-state index in [1.165, 1.54) is 38.4 Å². The SMILES string of the molecule is Cc1ccccc1C(=O)Nc1cnc(N2CCC[C@H](CN3CCCC3)C2)c(C(=O)O)c1. The molecule has 0 saturated carbocycles. The quantitative estimate of drug-likeness (QED) is 0.739. The summed E-state index contributed by atoms with van der Waals surface area (Å²) in [5.74, 6) is -0.285. The fraction of sp³-hybridized carbons (Fsp3) is 0.458. The van der Waals surface area contributed by atoms with E-state index in [9.17, 15) is 14.7 Å². The fourth-order valence-corrected chi connectivity index (χ4v) is 4.70. The Bertz CT molecular complexity index is 956. The van der Waals surface area contributed by atoms with Crippen molar-refractivity contribution in [1.29, 1.82) is 0 Å². The van der Waals surface area contributed by atoms with Gasteiger partial charge < -0.3 is 20.2 Å². The zero-order valence-corrected chi connectivity index (χ0v) is 18.0. The molecule has 2 saturated heterocycles. The highest BCUT2D eigenvalue weighted by molar-refractivity contribution is 6.06. The van der Waals surface area contributed by atoms with E-state index < -0.39 is 5.97 Å². The smallest absolute Gasteiger partial charge is 0.339 e. The summed E-state index contributed by atoms with van der Waals surface area (Å²) in [7, 11) is 0. The van der Waals surface area contributed by atoms with E-state index in [2.05, 4.69) is 20.1 Å². The Morgan fingerprint density at radius 1 is 1.13 bits per heavy atom. The molecule has 1 atom stereocenters. The number of carboxylic acid groups (broad SMARTS) is 1. The summed E-state index contributed by atoms with van der Waals surface area (Å²) in [6, 6.07) is 8.82. The number of rotatable bonds is 6. The molecule has 2 N–H and O–H groups in total. The van der Waals surface area contributed by atoms with Crippen molar-refractivity contribution >= 4 is 23.4 Å². The molecule has 164 valence electrons. The van der Waals surface area contributed by atoms with Crippen molar-refractivity contribution < 1.29 is 14.7 Å². The summed E-state index contributed by atoms with van der Waals surface area (Å²) in [5.41, 5.74) is 1.94. The highest BCUT2D eigenvalue weighted by Gasteiger charge is 2.27. The van der Waals surface area contributed by atoms with Gasteiger partial charge in [-0.1, -0.05) is 18.2 Å². The summed E-state index contributed by atoms with van der Waals surface area (Å²) < 4.78 is 0. The van der Waals surface area contributed by atoms with Crippen LogP contribution in [-0.4, -0.2) is 59.6 Å². The summed E-state index contributed by atoms with van der Waals surface area (Å²) in [6.07, 6.45) is 6.31. The van der Waals surface area contributed by atoms with E-state index >= 15 is 0 Å². The maximum Gasteiger partial charge on any atom is 0.339 e. The lowest BCUT2D eigenvalue weighted by Gasteiger charge is -2.36. The number of aryl methyl sites for hydroxylation is 1. The molecule has 0 spiro atoms. The monoisotopic (exact) mass is 422 g/mol. The molecule has 2 aliphatic rings. The van der Waals surface area contributed by atoms with E-state index in [1.807, 2.05) is 19.1 Å². The minimum Gasteiger partial charge on any atom is -0.478 e. The molecule has 0 bridgehead atoms. The highest BCUT2D eigenvalue weighted by atomic mass is 16.4. The van der Waals surface area contributed by atoms with Gasteiger partial charge >= 0.3 is 5.97 Å². The number of piperidine rings is 1. The van der Waals surface area contributed by atoms with Crippen LogP contribution < -0.4 is 10.2 Å². The number of carbonyl (C=O) groups excluding carboxylic acids is 1. The molecule has 1 amide bonds. The number of aromatic nitrogens is 1. The fourth-order valence-electron chi connectivity index (χ4n) is 4.70. The second-order valence-electron chi connectivity index (χ2n) is 8.63. The summed E-state index contributed by atoms with van der Waals surface area (Å²) >= 11 is 0. The molecule has 1 aromatic heterocycles. The molecule has 31 heavy (non-hydrogen) atoms. The van der Waals surface area contributed by atoms with Crippen LogP contribution in [0.5, 0.6) is 0 Å². The summed E-state index contributed by atoms with van der Waals surface area (Å²) in [6.45, 7) is 6.91. The first-order valence-corrected chi connectivity index (χ1v) is 11.1. The van der Waals surface area contributed by atoms with Crippen molar-refractivity contribution in [3.63, 3.8) is 0 Å². The number of benzene rings is 1. The average Bonchev–Trinajstić information content (AvgIpc) is 3.27. The zero-order valence-electron chi connectivity index (χ0n) is 18.0. The van der Waals surface area contributed by atoms with E-state index in [4.69, 9.17) is 0 Å². The van der Waals surface area contributed by atoms with Crippen molar-refractivity contribution in [3.05, 3.63) is 53.2 Å². The highest BCUT2D eigenvalue weighted by Crippen LogP contribution is 2.28. The lowest BCUT2D eigenvalue weighted by Crippen LogP contribution is -2.41. The van der Waals surface area contributed by atoms with Crippen LogP contribution in [0.1, 0.15) is 52.0 Å². The molecule has 2 fully saturated rings. The topological polar surface area (TPSA) is 85.8 Å². The molecule has 3 heterocycles. The molecule has 1 aromatic carbocycles. The lowest BCUT2D eigenvalue weighted by molar-refractivity contribution is 0.0696. The van der Waals surface area contributed by atoms with Crippen LogP contribution in [0.3, 0.4) is 0 Å². The minimum absolute atomic E-state index is 0.129. The number of aromatic carboxylic acids is 1. The van der Waals surface area contributed by atoms with Gasteiger partial charge in [0.15, 0.2) is 0 Å². The first kappa shape index (κ1) is 21.3. The van der Waals surface area contributed by atoms with Crippen LogP contribution in [0.15, 0.2) is 36.5 Å². The Labute approximate surface area is 183 Å². The first-order valence-electron chi connectivity index (χ1n) is 11.1. The van der Waals surface area contributed by atoms with Crippen LogP contribution in [0.2, 0.25) is 0 Å². The zero-order chi connectivity index (χ0) is 21.8. The number of hydrogen-bond donors (Lipinski definition) is 2. The van der Waals surface area contributed by atoms with Gasteiger partial charge in [-0.05, 0) is 69.3 Å². The average molecular weight is 423 g/mol. The second-order valence-corrected chi connectivity index (χ2v) is 8.63. The van der Waals surface area contributed by atoms with Crippen molar-refractivity contribution in [2.24, 2.45) is 5.92 Å². The molecule has 4 rings (SSSR count). The number of hydrogen-bond acceptors (Lipinski definition) is 5. The third kappa shape index (κ3) is 5.05. The van der Waals surface area contributed by atoms with E-state index in [-0.39, 0.29) is 11.5 Å². The molecule has 2 aromatic rings. The van der Waals surface area contributed by atoms with Gasteiger partial charge in [0.25, 0.3) is 5.91 Å². The van der Waals surface area contributed by atoms with Gasteiger partial charge in [-0.3, -0.25) is 4.79 Å². The normalized spacial score (nSPS) is 19.4. The van der Waals surface area contributed by atoms with Gasteiger partial charge in [0, 0.05) is 25.2 Å². The van der Waals surface area contributed by atoms with Crippen molar-refractivity contribution in [2.75, 3.05) is 42.9 Å². The number of anilines is 2. The van der Waals surface area contributed by atoms with Crippen LogP contribution in [0.25, 0.3) is 0 Å². The lowest BCUT2D eigenvalue weighted by atomic mass is 9.97. The minimum atomic E-state index is -1.03. The Balaban J connectivity index is 1.50. The number of amides is 1. The largest absolute Gasteiger partial charge is 0.478 e. The van der Waals surface area contributed by atoms with Gasteiger partial charge in [-0.15, -0.1) is 0 Å². The molecular weight excluding hydrogens is 392 g/mol. The summed E-state index contributed by atoms with van der Waals surface area (Å²) in [4.78, 5) is 33.7. The maximum atomic E-state index is 12.6. The van der Waals surface area contributed by atoms with Gasteiger partial charge in [-0.25, -0.2) is 9.78 Å². The predicted octanol–water partition coefficient (Wildman–Crippen LogP) is 3.65. The third-order valence-electron chi connectivity index (χ3n) is 6.28. The molecule has 0 aliphatic carbocycles. The predicted molar refractivity (Wildman–Crippen MR) is 121 cm³/mol. The Kier molecular flexibility index (Phi) is 6.51. The number of nitrogens with one attached hydrogen (secondary N) is 1. The Hall–Kier alpha value is -2.93. The number of carboxylic acids is 1. The van der Waals surface area contributed by atoms with Crippen LogP contribution in [0, 0.1) is 12.8 Å². The van der Waals surface area contributed by atoms with Gasteiger partial charge in [0.1, 0.15) is 11.4 Å². The number of likely N-dealkylation sites (tertiary alicyclic amines) is 1. The second kappa shape index (κ2) is 9.47. The number of carbonyl (C=O) groups is 2. The molecular formula is C24H30N4O3. The molecule has 7 nitrogen and oxygen atoms in total. The van der Waals surface area contributed by atoms with Crippen LogP contribution in [-0.2, 0) is 0 Å².